The quantitative estimate of drug-likeness (QED) is 0.443. The smallest absolute Gasteiger partial charge is 0.489 e. The fourth-order valence-corrected chi connectivity index (χ4v) is 2.66. The van der Waals surface area contributed by atoms with E-state index in [-0.39, 0.29) is 28.9 Å². The molecule has 1 heterocycles. The third-order valence-corrected chi connectivity index (χ3v) is 4.01. The lowest BCUT2D eigenvalue weighted by molar-refractivity contribution is 0.111. The van der Waals surface area contributed by atoms with E-state index in [1.807, 2.05) is 0 Å². The minimum Gasteiger partial charge on any atom is -0.497 e. The van der Waals surface area contributed by atoms with Crippen molar-refractivity contribution in [2.24, 2.45) is 0 Å². The molecule has 132 valence electrons. The molecule has 1 aromatic heterocycles. The van der Waals surface area contributed by atoms with Gasteiger partial charge < -0.3 is 24.5 Å². The maximum absolute atomic E-state index is 12.2. The zero-order valence-electron chi connectivity index (χ0n) is 13.9. The zero-order valence-corrected chi connectivity index (χ0v) is 13.9. The van der Waals surface area contributed by atoms with Gasteiger partial charge in [0.25, 0.3) is 5.56 Å². The SMILES string of the molecule is COc1ccc2[nH]c(=O)c(COc3cccc(B(O)O)c3C=O)cc2c1. The van der Waals surface area contributed by atoms with Gasteiger partial charge in [-0.25, -0.2) is 0 Å². The summed E-state index contributed by atoms with van der Waals surface area (Å²) in [7, 11) is -0.240. The first-order valence-corrected chi connectivity index (χ1v) is 7.80. The van der Waals surface area contributed by atoms with Crippen molar-refractivity contribution >= 4 is 29.8 Å². The Bertz CT molecular complexity index is 1010. The van der Waals surface area contributed by atoms with Crippen molar-refractivity contribution in [2.45, 2.75) is 6.61 Å². The minimum absolute atomic E-state index is 0.0291. The summed E-state index contributed by atoms with van der Waals surface area (Å²) in [6, 6.07) is 11.4. The lowest BCUT2D eigenvalue weighted by Crippen LogP contribution is -2.33. The van der Waals surface area contributed by atoms with Gasteiger partial charge in [0, 0.05) is 10.9 Å². The Balaban J connectivity index is 1.93. The maximum atomic E-state index is 12.2. The Morgan fingerprint density at radius 2 is 2.00 bits per heavy atom. The van der Waals surface area contributed by atoms with Gasteiger partial charge in [0.05, 0.1) is 18.2 Å². The molecular formula is C18H16BNO6. The second-order valence-corrected chi connectivity index (χ2v) is 5.62. The van der Waals surface area contributed by atoms with Gasteiger partial charge in [-0.3, -0.25) is 9.59 Å². The molecule has 0 bridgehead atoms. The Morgan fingerprint density at radius 3 is 2.69 bits per heavy atom. The predicted molar refractivity (Wildman–Crippen MR) is 97.1 cm³/mol. The molecule has 0 aliphatic carbocycles. The van der Waals surface area contributed by atoms with Crippen LogP contribution in [0.25, 0.3) is 10.9 Å². The summed E-state index contributed by atoms with van der Waals surface area (Å²) in [5.74, 6) is 0.819. The van der Waals surface area contributed by atoms with Crippen LogP contribution in [0.4, 0.5) is 0 Å². The lowest BCUT2D eigenvalue weighted by Gasteiger charge is -2.12. The number of aldehydes is 1. The first-order chi connectivity index (χ1) is 12.5. The number of carbonyl (C=O) groups is 1. The maximum Gasteiger partial charge on any atom is 0.489 e. The molecule has 3 N–H and O–H groups in total. The first-order valence-electron chi connectivity index (χ1n) is 7.80. The number of aromatic nitrogens is 1. The molecule has 0 amide bonds. The second-order valence-electron chi connectivity index (χ2n) is 5.62. The average molecular weight is 353 g/mol. The number of ether oxygens (including phenoxy) is 2. The van der Waals surface area contributed by atoms with E-state index in [2.05, 4.69) is 4.98 Å². The summed E-state index contributed by atoms with van der Waals surface area (Å²) in [4.78, 5) is 26.3. The van der Waals surface area contributed by atoms with Gasteiger partial charge in [-0.1, -0.05) is 12.1 Å². The first kappa shape index (κ1) is 17.7. The Hall–Kier alpha value is -3.10. The van der Waals surface area contributed by atoms with E-state index in [1.54, 1.807) is 31.4 Å². The normalized spacial score (nSPS) is 10.6. The lowest BCUT2D eigenvalue weighted by atomic mass is 9.77. The van der Waals surface area contributed by atoms with Crippen molar-refractivity contribution < 1.29 is 24.3 Å². The molecule has 0 spiro atoms. The van der Waals surface area contributed by atoms with Crippen LogP contribution >= 0.6 is 0 Å². The van der Waals surface area contributed by atoms with E-state index in [0.29, 0.717) is 23.1 Å². The number of carbonyl (C=O) groups excluding carboxylic acids is 1. The summed E-state index contributed by atoms with van der Waals surface area (Å²) in [6.07, 6.45) is 0.486. The molecule has 0 unspecified atom stereocenters. The number of aromatic amines is 1. The monoisotopic (exact) mass is 353 g/mol. The number of nitrogens with one attached hydrogen (secondary N) is 1. The van der Waals surface area contributed by atoms with Gasteiger partial charge in [-0.15, -0.1) is 0 Å². The largest absolute Gasteiger partial charge is 0.497 e. The van der Waals surface area contributed by atoms with E-state index < -0.39 is 7.12 Å². The summed E-state index contributed by atoms with van der Waals surface area (Å²) >= 11 is 0. The van der Waals surface area contributed by atoms with Gasteiger partial charge in [0.1, 0.15) is 18.1 Å². The Kier molecular flexibility index (Phi) is 5.06. The van der Waals surface area contributed by atoms with Crippen LogP contribution in [0.1, 0.15) is 15.9 Å². The standard InChI is InChI=1S/C18H16BNO6/c1-25-13-5-6-16-11(8-13)7-12(18(22)20-16)10-26-17-4-2-3-15(19(23)24)14(17)9-21/h2-9,23-24H,10H2,1H3,(H,20,22). The van der Waals surface area contributed by atoms with Crippen LogP contribution in [0, 0.1) is 0 Å². The van der Waals surface area contributed by atoms with Crippen LogP contribution in [0.2, 0.25) is 0 Å². The zero-order chi connectivity index (χ0) is 18.7. The van der Waals surface area contributed by atoms with Gasteiger partial charge in [-0.05, 0) is 35.8 Å². The molecule has 0 aliphatic rings. The van der Waals surface area contributed by atoms with E-state index in [1.165, 1.54) is 18.2 Å². The molecule has 3 aromatic rings. The van der Waals surface area contributed by atoms with Crippen molar-refractivity contribution in [3.8, 4) is 11.5 Å². The fourth-order valence-electron chi connectivity index (χ4n) is 2.66. The number of H-pyrrole nitrogens is 1. The van der Waals surface area contributed by atoms with Crippen molar-refractivity contribution in [2.75, 3.05) is 7.11 Å². The molecule has 0 atom stereocenters. The second kappa shape index (κ2) is 7.43. The van der Waals surface area contributed by atoms with Gasteiger partial charge in [-0.2, -0.15) is 0 Å². The van der Waals surface area contributed by atoms with E-state index in [9.17, 15) is 19.6 Å². The fraction of sp³-hybridized carbons (Fsp3) is 0.111. The van der Waals surface area contributed by atoms with Crippen molar-refractivity contribution in [1.82, 2.24) is 4.98 Å². The molecule has 2 aromatic carbocycles. The van der Waals surface area contributed by atoms with E-state index in [4.69, 9.17) is 9.47 Å². The number of pyridine rings is 1. The molecule has 0 saturated heterocycles. The molecule has 0 fully saturated rings. The average Bonchev–Trinajstić information content (AvgIpc) is 2.65. The van der Waals surface area contributed by atoms with Crippen molar-refractivity contribution in [3.63, 3.8) is 0 Å². The molecule has 8 heteroatoms. The van der Waals surface area contributed by atoms with Gasteiger partial charge >= 0.3 is 7.12 Å². The number of fused-ring (bicyclic) bond motifs is 1. The highest BCUT2D eigenvalue weighted by molar-refractivity contribution is 6.60. The van der Waals surface area contributed by atoms with E-state index >= 15 is 0 Å². The molecule has 0 radical (unpaired) electrons. The highest BCUT2D eigenvalue weighted by Crippen LogP contribution is 2.20. The molecular weight excluding hydrogens is 337 g/mol. The minimum atomic E-state index is -1.80. The molecule has 26 heavy (non-hydrogen) atoms. The van der Waals surface area contributed by atoms with Gasteiger partial charge in [0.2, 0.25) is 0 Å². The van der Waals surface area contributed by atoms with E-state index in [0.717, 1.165) is 5.39 Å². The molecule has 7 nitrogen and oxygen atoms in total. The third kappa shape index (κ3) is 3.46. The number of hydrogen-bond acceptors (Lipinski definition) is 6. The summed E-state index contributed by atoms with van der Waals surface area (Å²) in [5, 5.41) is 19.4. The van der Waals surface area contributed by atoms with Gasteiger partial charge in [0.15, 0.2) is 6.29 Å². The van der Waals surface area contributed by atoms with Crippen LogP contribution < -0.4 is 20.5 Å². The summed E-state index contributed by atoms with van der Waals surface area (Å²) in [5.41, 5.74) is 0.779. The van der Waals surface area contributed by atoms with Crippen LogP contribution in [-0.4, -0.2) is 35.5 Å². The summed E-state index contributed by atoms with van der Waals surface area (Å²) < 4.78 is 10.8. The summed E-state index contributed by atoms with van der Waals surface area (Å²) in [6.45, 7) is -0.0890. The van der Waals surface area contributed by atoms with Crippen LogP contribution in [0.5, 0.6) is 11.5 Å². The highest BCUT2D eigenvalue weighted by Gasteiger charge is 2.19. The van der Waals surface area contributed by atoms with Crippen LogP contribution in [0.15, 0.2) is 47.3 Å². The van der Waals surface area contributed by atoms with Crippen LogP contribution in [0.3, 0.4) is 0 Å². The number of hydrogen-bond donors (Lipinski definition) is 3. The number of methoxy groups -OCH3 is 1. The topological polar surface area (TPSA) is 109 Å². The molecule has 3 rings (SSSR count). The van der Waals surface area contributed by atoms with Crippen molar-refractivity contribution in [3.05, 3.63) is 63.9 Å². The molecule has 0 saturated carbocycles. The van der Waals surface area contributed by atoms with Crippen molar-refractivity contribution in [1.29, 1.82) is 0 Å². The Morgan fingerprint density at radius 1 is 1.19 bits per heavy atom. The number of benzene rings is 2. The highest BCUT2D eigenvalue weighted by atomic mass is 16.5. The predicted octanol–water partition coefficient (Wildman–Crippen LogP) is 0.608. The van der Waals surface area contributed by atoms with Crippen LogP contribution in [-0.2, 0) is 6.61 Å². The molecule has 0 aliphatic heterocycles. The third-order valence-electron chi connectivity index (χ3n) is 4.01. The Labute approximate surface area is 149 Å². The number of rotatable bonds is 6.